The van der Waals surface area contributed by atoms with Crippen molar-refractivity contribution in [1.29, 1.82) is 0 Å². The first kappa shape index (κ1) is 22.1. The molecule has 0 bridgehead atoms. The first-order valence-electron chi connectivity index (χ1n) is 14.4. The largest absolute Gasteiger partial charge is 0.456 e. The van der Waals surface area contributed by atoms with Crippen LogP contribution in [0.25, 0.3) is 99.2 Å². The number of furan rings is 2. The van der Waals surface area contributed by atoms with Crippen LogP contribution in [0.3, 0.4) is 0 Å². The maximum atomic E-state index is 6.54. The first-order valence-corrected chi connectivity index (χ1v) is 14.4. The van der Waals surface area contributed by atoms with Gasteiger partial charge in [0.25, 0.3) is 0 Å². The molecule has 7 aromatic carbocycles. The van der Waals surface area contributed by atoms with Gasteiger partial charge in [0.1, 0.15) is 22.3 Å². The lowest BCUT2D eigenvalue weighted by molar-refractivity contribution is 0.669. The Morgan fingerprint density at radius 1 is 0.286 bits per heavy atom. The van der Waals surface area contributed by atoms with Gasteiger partial charge in [-0.2, -0.15) is 0 Å². The molecule has 0 radical (unpaired) electrons. The highest BCUT2D eigenvalue weighted by atomic mass is 16.3. The monoisotopic (exact) mass is 534 g/mol. The molecule has 9 aromatic rings. The van der Waals surface area contributed by atoms with E-state index in [9.17, 15) is 0 Å². The number of hydrogen-bond donors (Lipinski definition) is 0. The third kappa shape index (κ3) is 2.78. The highest BCUT2D eigenvalue weighted by molar-refractivity contribution is 6.37. The Hall–Kier alpha value is -5.60. The number of rotatable bonds is 3. The Morgan fingerprint density at radius 2 is 0.810 bits per heavy atom. The lowest BCUT2D eigenvalue weighted by atomic mass is 9.85. The van der Waals surface area contributed by atoms with Crippen LogP contribution in [0.4, 0.5) is 0 Å². The van der Waals surface area contributed by atoms with E-state index < -0.39 is 0 Å². The molecule has 42 heavy (non-hydrogen) atoms. The van der Waals surface area contributed by atoms with Crippen LogP contribution in [0.5, 0.6) is 0 Å². The van der Waals surface area contributed by atoms with Crippen LogP contribution in [0.1, 0.15) is 0 Å². The maximum absolute atomic E-state index is 6.54. The summed E-state index contributed by atoms with van der Waals surface area (Å²) in [6.45, 7) is 0. The van der Waals surface area contributed by atoms with E-state index in [2.05, 4.69) is 133 Å². The molecule has 1 aliphatic carbocycles. The van der Waals surface area contributed by atoms with Crippen LogP contribution in [-0.4, -0.2) is 0 Å². The minimum atomic E-state index is 0.910. The first-order chi connectivity index (χ1) is 20.8. The lowest BCUT2D eigenvalue weighted by Gasteiger charge is -2.18. The van der Waals surface area contributed by atoms with Gasteiger partial charge in [0.2, 0.25) is 0 Å². The second-order valence-corrected chi connectivity index (χ2v) is 11.2. The van der Waals surface area contributed by atoms with Gasteiger partial charge in [-0.25, -0.2) is 0 Å². The summed E-state index contributed by atoms with van der Waals surface area (Å²) in [5.74, 6) is 0. The smallest absolute Gasteiger partial charge is 0.136 e. The third-order valence-corrected chi connectivity index (χ3v) is 9.03. The molecule has 0 fully saturated rings. The van der Waals surface area contributed by atoms with Crippen LogP contribution in [-0.2, 0) is 0 Å². The fraction of sp³-hybridized carbons (Fsp3) is 0. The molecule has 0 saturated heterocycles. The second kappa shape index (κ2) is 7.99. The van der Waals surface area contributed by atoms with E-state index in [1.807, 2.05) is 0 Å². The Bertz CT molecular complexity index is 2560. The standard InChI is InChI=1S/C40H22O2/c1-2-9-23(10-3-1)25-11-4-5-12-26(25)27-13-6-7-14-28(27)29-19-22-34-40-36(29)30-15-8-16-31-37(30)38-32(41-31)20-17-24-18-21-33(42-34)39(40)35(24)38/h1-22H. The summed E-state index contributed by atoms with van der Waals surface area (Å²) in [6.07, 6.45) is 0. The van der Waals surface area contributed by atoms with Gasteiger partial charge in [0, 0.05) is 32.5 Å². The molecule has 2 heteroatoms. The van der Waals surface area contributed by atoms with Crippen LogP contribution >= 0.6 is 0 Å². The van der Waals surface area contributed by atoms with E-state index in [1.165, 1.54) is 76.8 Å². The van der Waals surface area contributed by atoms with Crippen molar-refractivity contribution >= 4 is 54.6 Å². The molecular formula is C40H22O2. The molecule has 0 aliphatic heterocycles. The summed E-state index contributed by atoms with van der Waals surface area (Å²) in [6, 6.07) is 47.6. The van der Waals surface area contributed by atoms with Crippen LogP contribution in [0, 0.1) is 0 Å². The molecule has 2 nitrogen and oxygen atoms in total. The Morgan fingerprint density at radius 3 is 1.55 bits per heavy atom. The number of benzene rings is 7. The Labute approximate surface area is 241 Å². The van der Waals surface area contributed by atoms with Gasteiger partial charge in [-0.1, -0.05) is 103 Å². The normalized spacial score (nSPS) is 12.3. The fourth-order valence-electron chi connectivity index (χ4n) is 7.33. The zero-order valence-electron chi connectivity index (χ0n) is 22.5. The van der Waals surface area contributed by atoms with Crippen molar-refractivity contribution in [1.82, 2.24) is 0 Å². The lowest BCUT2D eigenvalue weighted by Crippen LogP contribution is -1.92. The van der Waals surface area contributed by atoms with Crippen molar-refractivity contribution < 1.29 is 8.83 Å². The van der Waals surface area contributed by atoms with Crippen molar-refractivity contribution in [3.8, 4) is 44.5 Å². The molecule has 0 N–H and O–H groups in total. The van der Waals surface area contributed by atoms with Crippen molar-refractivity contribution in [2.75, 3.05) is 0 Å². The summed E-state index contributed by atoms with van der Waals surface area (Å²) in [5.41, 5.74) is 13.3. The van der Waals surface area contributed by atoms with E-state index in [1.54, 1.807) is 0 Å². The minimum Gasteiger partial charge on any atom is -0.456 e. The second-order valence-electron chi connectivity index (χ2n) is 11.2. The molecular weight excluding hydrogens is 512 g/mol. The van der Waals surface area contributed by atoms with E-state index in [0.717, 1.165) is 22.3 Å². The summed E-state index contributed by atoms with van der Waals surface area (Å²) < 4.78 is 13.0. The molecule has 0 unspecified atom stereocenters. The van der Waals surface area contributed by atoms with Crippen molar-refractivity contribution in [3.63, 3.8) is 0 Å². The van der Waals surface area contributed by atoms with Crippen LogP contribution in [0.15, 0.2) is 142 Å². The highest BCUT2D eigenvalue weighted by Gasteiger charge is 2.27. The zero-order valence-corrected chi connectivity index (χ0v) is 22.5. The van der Waals surface area contributed by atoms with Gasteiger partial charge in [-0.05, 0) is 74.7 Å². The van der Waals surface area contributed by atoms with E-state index in [4.69, 9.17) is 8.83 Å². The molecule has 2 aromatic heterocycles. The van der Waals surface area contributed by atoms with E-state index in [-0.39, 0.29) is 0 Å². The van der Waals surface area contributed by atoms with E-state index >= 15 is 0 Å². The topological polar surface area (TPSA) is 26.3 Å². The molecule has 1 aliphatic rings. The van der Waals surface area contributed by atoms with Gasteiger partial charge in [0.05, 0.1) is 0 Å². The van der Waals surface area contributed by atoms with Gasteiger partial charge >= 0.3 is 0 Å². The highest BCUT2D eigenvalue weighted by Crippen LogP contribution is 2.53. The number of hydrogen-bond acceptors (Lipinski definition) is 2. The maximum Gasteiger partial charge on any atom is 0.136 e. The molecule has 0 spiro atoms. The van der Waals surface area contributed by atoms with Crippen molar-refractivity contribution in [2.45, 2.75) is 0 Å². The van der Waals surface area contributed by atoms with Gasteiger partial charge < -0.3 is 8.83 Å². The average Bonchev–Trinajstić information content (AvgIpc) is 3.59. The van der Waals surface area contributed by atoms with Gasteiger partial charge in [-0.15, -0.1) is 0 Å². The van der Waals surface area contributed by atoms with Gasteiger partial charge in [0.15, 0.2) is 0 Å². The van der Waals surface area contributed by atoms with Crippen LogP contribution < -0.4 is 0 Å². The summed E-state index contributed by atoms with van der Waals surface area (Å²) >= 11 is 0. The summed E-state index contributed by atoms with van der Waals surface area (Å²) in [4.78, 5) is 0. The predicted molar refractivity (Wildman–Crippen MR) is 174 cm³/mol. The third-order valence-electron chi connectivity index (χ3n) is 9.03. The van der Waals surface area contributed by atoms with Crippen molar-refractivity contribution in [2.24, 2.45) is 0 Å². The molecule has 0 saturated carbocycles. The quantitative estimate of drug-likeness (QED) is 0.225. The summed E-state index contributed by atoms with van der Waals surface area (Å²) in [7, 11) is 0. The van der Waals surface area contributed by atoms with Crippen molar-refractivity contribution in [3.05, 3.63) is 133 Å². The van der Waals surface area contributed by atoms with E-state index in [0.29, 0.717) is 0 Å². The molecule has 2 heterocycles. The summed E-state index contributed by atoms with van der Waals surface area (Å²) in [5, 5.41) is 7.12. The SMILES string of the molecule is c1ccc(-c2ccccc2-c2ccccc2-c2ccc3oc4ccc5ccc6oc7cccc8c7c6c5c4c3c2-8)cc1. The Balaban J connectivity index is 1.38. The van der Waals surface area contributed by atoms with Crippen LogP contribution in [0.2, 0.25) is 0 Å². The fourth-order valence-corrected chi connectivity index (χ4v) is 7.33. The Kier molecular flexibility index (Phi) is 4.21. The van der Waals surface area contributed by atoms with Gasteiger partial charge in [-0.3, -0.25) is 0 Å². The minimum absolute atomic E-state index is 0.910. The molecule has 194 valence electrons. The zero-order chi connectivity index (χ0) is 27.4. The molecule has 0 atom stereocenters. The number of fused-ring (bicyclic) bond motifs is 1. The predicted octanol–water partition coefficient (Wildman–Crippen LogP) is 11.6. The molecule has 0 amide bonds. The molecule has 10 rings (SSSR count). The average molecular weight is 535 g/mol.